The Morgan fingerprint density at radius 3 is 2.70 bits per heavy atom. The van der Waals surface area contributed by atoms with Crippen LogP contribution < -0.4 is 0 Å². The highest BCUT2D eigenvalue weighted by atomic mass is 32.2. The lowest BCUT2D eigenvalue weighted by molar-refractivity contribution is -0.128. The van der Waals surface area contributed by atoms with Crippen LogP contribution in [0.1, 0.15) is 37.5 Å². The predicted octanol–water partition coefficient (Wildman–Crippen LogP) is 4.64. The number of hydrogen-bond donors (Lipinski definition) is 0. The minimum Gasteiger partial charge on any atom is -0.469 e. The molecule has 1 aliphatic carbocycles. The molecule has 0 aliphatic heterocycles. The van der Waals surface area contributed by atoms with Crippen molar-refractivity contribution < 1.29 is 9.21 Å². The molecule has 7 heteroatoms. The molecule has 0 saturated heterocycles. The Balaban J connectivity index is 1.54. The fourth-order valence-electron chi connectivity index (χ4n) is 3.54. The number of aryl methyl sites for hydroxylation is 1. The zero-order valence-electron chi connectivity index (χ0n) is 17.6. The first-order valence-corrected chi connectivity index (χ1v) is 11.6. The van der Waals surface area contributed by atoms with E-state index in [2.05, 4.69) is 33.8 Å². The van der Waals surface area contributed by atoms with Crippen LogP contribution in [-0.2, 0) is 11.3 Å². The number of thioether (sulfide) groups is 1. The minimum absolute atomic E-state index is 0.184. The van der Waals surface area contributed by atoms with E-state index in [4.69, 9.17) is 4.42 Å². The zero-order valence-corrected chi connectivity index (χ0v) is 18.4. The molecule has 4 rings (SSSR count). The van der Waals surface area contributed by atoms with Crippen LogP contribution in [0.2, 0.25) is 0 Å². The smallest absolute Gasteiger partial charge is 0.233 e. The lowest BCUT2D eigenvalue weighted by Gasteiger charge is -2.21. The van der Waals surface area contributed by atoms with E-state index in [1.54, 1.807) is 6.26 Å². The van der Waals surface area contributed by atoms with E-state index < -0.39 is 0 Å². The van der Waals surface area contributed by atoms with Crippen LogP contribution >= 0.6 is 11.8 Å². The summed E-state index contributed by atoms with van der Waals surface area (Å²) < 4.78 is 7.56. The van der Waals surface area contributed by atoms with Crippen molar-refractivity contribution in [1.29, 1.82) is 0 Å². The molecule has 0 radical (unpaired) electrons. The third kappa shape index (κ3) is 4.95. The molecule has 3 aromatic rings. The van der Waals surface area contributed by atoms with Gasteiger partial charge in [0, 0.05) is 13.1 Å². The largest absolute Gasteiger partial charge is 0.469 e. The molecule has 0 bridgehead atoms. The highest BCUT2D eigenvalue weighted by Gasteiger charge is 2.27. The lowest BCUT2D eigenvalue weighted by Crippen LogP contribution is -2.35. The van der Waals surface area contributed by atoms with Crippen LogP contribution in [0, 0.1) is 12.8 Å². The van der Waals surface area contributed by atoms with Crippen LogP contribution in [0.3, 0.4) is 0 Å². The molecule has 0 spiro atoms. The first-order valence-electron chi connectivity index (χ1n) is 10.6. The molecule has 158 valence electrons. The highest BCUT2D eigenvalue weighted by molar-refractivity contribution is 7.99. The summed E-state index contributed by atoms with van der Waals surface area (Å²) in [7, 11) is 0. The molecular weight excluding hydrogens is 396 g/mol. The highest BCUT2D eigenvalue weighted by Crippen LogP contribution is 2.31. The van der Waals surface area contributed by atoms with Crippen molar-refractivity contribution in [2.45, 2.75) is 44.8 Å². The van der Waals surface area contributed by atoms with Crippen molar-refractivity contribution >= 4 is 17.7 Å². The number of benzene rings is 1. The van der Waals surface area contributed by atoms with E-state index >= 15 is 0 Å². The van der Waals surface area contributed by atoms with Gasteiger partial charge in [-0.05, 0) is 43.7 Å². The number of carbonyl (C=O) groups is 1. The standard InChI is InChI=1S/C23H28N4O2S/c1-3-12-26(14-19-9-10-19)21(28)16-30-23-25-24-22(20-11-13-29-17(20)2)27(23)15-18-7-5-4-6-8-18/h4-8,11,13,19H,3,9-10,12,14-16H2,1-2H3. The van der Waals surface area contributed by atoms with E-state index in [-0.39, 0.29) is 5.91 Å². The van der Waals surface area contributed by atoms with Crippen molar-refractivity contribution in [1.82, 2.24) is 19.7 Å². The van der Waals surface area contributed by atoms with Gasteiger partial charge in [0.05, 0.1) is 24.1 Å². The van der Waals surface area contributed by atoms with Crippen LogP contribution in [-0.4, -0.2) is 44.4 Å². The molecule has 1 saturated carbocycles. The van der Waals surface area contributed by atoms with Crippen molar-refractivity contribution in [3.63, 3.8) is 0 Å². The van der Waals surface area contributed by atoms with Crippen molar-refractivity contribution in [3.8, 4) is 11.4 Å². The number of aromatic nitrogens is 3. The van der Waals surface area contributed by atoms with Gasteiger partial charge in [0.1, 0.15) is 5.76 Å². The molecule has 6 nitrogen and oxygen atoms in total. The fraction of sp³-hybridized carbons (Fsp3) is 0.435. The normalized spacial score (nSPS) is 13.5. The summed E-state index contributed by atoms with van der Waals surface area (Å²) in [6.45, 7) is 6.41. The van der Waals surface area contributed by atoms with Gasteiger partial charge >= 0.3 is 0 Å². The van der Waals surface area contributed by atoms with Crippen LogP contribution in [0.4, 0.5) is 0 Å². The quantitative estimate of drug-likeness (QED) is 0.444. The maximum Gasteiger partial charge on any atom is 0.233 e. The van der Waals surface area contributed by atoms with Gasteiger partial charge in [-0.15, -0.1) is 10.2 Å². The summed E-state index contributed by atoms with van der Waals surface area (Å²) in [5, 5.41) is 9.62. The number of nitrogens with zero attached hydrogens (tertiary/aromatic N) is 4. The third-order valence-electron chi connectivity index (χ3n) is 5.35. The molecule has 1 amide bonds. The van der Waals surface area contributed by atoms with Crippen LogP contribution in [0.15, 0.2) is 52.2 Å². The summed E-state index contributed by atoms with van der Waals surface area (Å²) in [4.78, 5) is 14.9. The fourth-order valence-corrected chi connectivity index (χ4v) is 4.38. The monoisotopic (exact) mass is 424 g/mol. The summed E-state index contributed by atoms with van der Waals surface area (Å²) in [5.74, 6) is 2.84. The summed E-state index contributed by atoms with van der Waals surface area (Å²) >= 11 is 1.47. The Hall–Kier alpha value is -2.54. The summed E-state index contributed by atoms with van der Waals surface area (Å²) in [6.07, 6.45) is 5.15. The average molecular weight is 425 g/mol. The van der Waals surface area contributed by atoms with Gasteiger partial charge in [-0.25, -0.2) is 0 Å². The number of rotatable bonds is 10. The Bertz CT molecular complexity index is 978. The van der Waals surface area contributed by atoms with Crippen molar-refractivity contribution in [2.75, 3.05) is 18.8 Å². The van der Waals surface area contributed by atoms with E-state index in [1.807, 2.05) is 36.1 Å². The van der Waals surface area contributed by atoms with E-state index in [1.165, 1.54) is 24.6 Å². The second kappa shape index (κ2) is 9.51. The lowest BCUT2D eigenvalue weighted by atomic mass is 10.2. The maximum absolute atomic E-state index is 12.9. The molecule has 0 unspecified atom stereocenters. The van der Waals surface area contributed by atoms with Gasteiger partial charge in [-0.3, -0.25) is 9.36 Å². The molecule has 2 heterocycles. The van der Waals surface area contributed by atoms with Crippen molar-refractivity contribution in [3.05, 3.63) is 54.0 Å². The molecule has 1 aliphatic rings. The summed E-state index contributed by atoms with van der Waals surface area (Å²) in [6, 6.07) is 12.2. The maximum atomic E-state index is 12.9. The van der Waals surface area contributed by atoms with Gasteiger partial charge in [0.25, 0.3) is 0 Å². The Kier molecular flexibility index (Phi) is 6.57. The van der Waals surface area contributed by atoms with E-state index in [0.29, 0.717) is 18.2 Å². The van der Waals surface area contributed by atoms with E-state index in [0.717, 1.165) is 47.4 Å². The summed E-state index contributed by atoms with van der Waals surface area (Å²) in [5.41, 5.74) is 2.09. The second-order valence-corrected chi connectivity index (χ2v) is 8.78. The minimum atomic E-state index is 0.184. The number of hydrogen-bond acceptors (Lipinski definition) is 5. The third-order valence-corrected chi connectivity index (χ3v) is 6.30. The molecule has 1 aromatic carbocycles. The number of furan rings is 1. The van der Waals surface area contributed by atoms with Gasteiger partial charge in [-0.2, -0.15) is 0 Å². The molecule has 1 fully saturated rings. The topological polar surface area (TPSA) is 64.2 Å². The molecule has 30 heavy (non-hydrogen) atoms. The first kappa shape index (κ1) is 20.7. The Morgan fingerprint density at radius 2 is 2.03 bits per heavy atom. The van der Waals surface area contributed by atoms with Gasteiger partial charge in [0.15, 0.2) is 11.0 Å². The van der Waals surface area contributed by atoms with Gasteiger partial charge in [-0.1, -0.05) is 49.0 Å². The molecular formula is C23H28N4O2S. The number of amides is 1. The second-order valence-electron chi connectivity index (χ2n) is 7.84. The van der Waals surface area contributed by atoms with Crippen LogP contribution in [0.25, 0.3) is 11.4 Å². The van der Waals surface area contributed by atoms with E-state index in [9.17, 15) is 4.79 Å². The molecule has 0 N–H and O–H groups in total. The molecule has 0 atom stereocenters. The van der Waals surface area contributed by atoms with Crippen LogP contribution in [0.5, 0.6) is 0 Å². The van der Waals surface area contributed by atoms with Gasteiger partial charge in [0.2, 0.25) is 5.91 Å². The first-order chi connectivity index (χ1) is 14.7. The SMILES string of the molecule is CCCN(CC1CC1)C(=O)CSc1nnc(-c2ccoc2C)n1Cc1ccccc1. The van der Waals surface area contributed by atoms with Gasteiger partial charge < -0.3 is 9.32 Å². The van der Waals surface area contributed by atoms with Crippen molar-refractivity contribution in [2.24, 2.45) is 5.92 Å². The Labute approximate surface area is 181 Å². The Morgan fingerprint density at radius 1 is 1.23 bits per heavy atom. The zero-order chi connectivity index (χ0) is 20.9. The average Bonchev–Trinajstić information content (AvgIpc) is 3.35. The predicted molar refractivity (Wildman–Crippen MR) is 118 cm³/mol. The molecule has 2 aromatic heterocycles. The number of carbonyl (C=O) groups excluding carboxylic acids is 1.